The van der Waals surface area contributed by atoms with Crippen molar-refractivity contribution in [3.05, 3.63) is 78.7 Å². The molecule has 4 unspecified atom stereocenters. The number of aldehydes is 1. The zero-order chi connectivity index (χ0) is 45.0. The van der Waals surface area contributed by atoms with Gasteiger partial charge in [-0.25, -0.2) is 19.2 Å². The van der Waals surface area contributed by atoms with Crippen molar-refractivity contribution < 1.29 is 47.7 Å². The standard InChI is InChI=1S/C23H35NO5.C16H26NO5.C7H9N/c1-17-15-24(20(26)29-22(5,6)7)23(17,19(25)28-21(2,3)4)13-14-27-16-18-11-9-8-10-12-18;1-11-10-17(13(20)22-15(5,6)7)16(11,8-9-18)12(19)21-14(2,3)4;8-6-7-4-2-1-3-5-7/h8-12,17H,13-16H2,1-7H3;9,11H,5,8,10H2,1-4,6-7H3;1-5H,6,8H2/q;+1;. The lowest BCUT2D eigenvalue weighted by molar-refractivity contribution is -0.189. The van der Waals surface area contributed by atoms with Crippen LogP contribution in [0.25, 0.3) is 0 Å². The Morgan fingerprint density at radius 2 is 1.08 bits per heavy atom. The van der Waals surface area contributed by atoms with Crippen LogP contribution in [0.3, 0.4) is 0 Å². The summed E-state index contributed by atoms with van der Waals surface area (Å²) >= 11 is 0. The first kappa shape index (κ1) is 50.5. The molecule has 0 aromatic heterocycles. The number of nitrogens with two attached hydrogens (primary N) is 1. The van der Waals surface area contributed by atoms with Crippen LogP contribution in [0.15, 0.2) is 60.7 Å². The van der Waals surface area contributed by atoms with E-state index in [9.17, 15) is 24.0 Å². The molecular weight excluding hydrogens is 755 g/mol. The van der Waals surface area contributed by atoms with Crippen molar-refractivity contribution in [3.8, 4) is 0 Å². The largest absolute Gasteiger partial charge is 0.458 e. The van der Waals surface area contributed by atoms with Crippen molar-refractivity contribution >= 4 is 30.4 Å². The molecule has 2 saturated heterocycles. The fourth-order valence-corrected chi connectivity index (χ4v) is 6.53. The molecule has 2 heterocycles. The van der Waals surface area contributed by atoms with Crippen molar-refractivity contribution in [2.24, 2.45) is 17.6 Å². The van der Waals surface area contributed by atoms with Gasteiger partial charge < -0.3 is 34.2 Å². The van der Waals surface area contributed by atoms with Crippen LogP contribution in [0.4, 0.5) is 9.59 Å². The normalized spacial score (nSPS) is 21.5. The third kappa shape index (κ3) is 14.9. The number of carbonyl (C=O) groups excluding carboxylic acids is 5. The average molecular weight is 825 g/mol. The van der Waals surface area contributed by atoms with E-state index >= 15 is 0 Å². The van der Waals surface area contributed by atoms with E-state index in [-0.39, 0.29) is 18.3 Å². The summed E-state index contributed by atoms with van der Waals surface area (Å²) in [6, 6.07) is 19.8. The first-order chi connectivity index (χ1) is 27.1. The van der Waals surface area contributed by atoms with E-state index in [2.05, 4.69) is 6.92 Å². The number of hydrogen-bond donors (Lipinski definition) is 1. The van der Waals surface area contributed by atoms with Crippen molar-refractivity contribution in [1.82, 2.24) is 9.80 Å². The molecule has 2 aromatic carbocycles. The van der Waals surface area contributed by atoms with Gasteiger partial charge in [-0.1, -0.05) is 74.5 Å². The Kier molecular flexibility index (Phi) is 17.6. The van der Waals surface area contributed by atoms with Gasteiger partial charge in [-0.15, -0.1) is 0 Å². The fraction of sp³-hybridized carbons (Fsp3) is 0.609. The number of esters is 2. The lowest BCUT2D eigenvalue weighted by atomic mass is 9.72. The number of ether oxygens (including phenoxy) is 5. The summed E-state index contributed by atoms with van der Waals surface area (Å²) in [5.74, 6) is -1.22. The third-order valence-electron chi connectivity index (χ3n) is 9.42. The minimum absolute atomic E-state index is 0.0507. The maximum Gasteiger partial charge on any atom is 0.414 e. The molecule has 4 rings (SSSR count). The van der Waals surface area contributed by atoms with Crippen LogP contribution < -0.4 is 5.73 Å². The molecule has 2 aliphatic rings. The summed E-state index contributed by atoms with van der Waals surface area (Å²) in [7, 11) is 0. The molecule has 4 atom stereocenters. The van der Waals surface area contributed by atoms with Crippen LogP contribution in [-0.4, -0.2) is 93.4 Å². The molecule has 2 amide bonds. The quantitative estimate of drug-likeness (QED) is 0.0767. The molecule has 59 heavy (non-hydrogen) atoms. The molecular formula is C46H70N3O10+. The molecule has 328 valence electrons. The van der Waals surface area contributed by atoms with Crippen molar-refractivity contribution in [1.29, 1.82) is 0 Å². The van der Waals surface area contributed by atoms with Gasteiger partial charge in [0, 0.05) is 64.8 Å². The minimum atomic E-state index is -1.29. The zero-order valence-electron chi connectivity index (χ0n) is 37.7. The average Bonchev–Trinajstić information content (AvgIpc) is 3.09. The highest BCUT2D eigenvalue weighted by molar-refractivity contribution is 5.91. The Bertz CT molecular complexity index is 1670. The second-order valence-electron chi connectivity index (χ2n) is 18.8. The van der Waals surface area contributed by atoms with E-state index in [1.165, 1.54) is 15.4 Å². The monoisotopic (exact) mass is 825 g/mol. The Morgan fingerprint density at radius 1 is 0.678 bits per heavy atom. The molecule has 0 bridgehead atoms. The molecule has 13 nitrogen and oxygen atoms in total. The van der Waals surface area contributed by atoms with Gasteiger partial charge in [0.1, 0.15) is 35.6 Å². The molecule has 0 radical (unpaired) electrons. The highest BCUT2D eigenvalue weighted by atomic mass is 16.6. The van der Waals surface area contributed by atoms with Gasteiger partial charge in [-0.3, -0.25) is 9.80 Å². The van der Waals surface area contributed by atoms with Gasteiger partial charge in [0.15, 0.2) is 5.54 Å². The van der Waals surface area contributed by atoms with E-state index in [1.807, 2.05) is 116 Å². The van der Waals surface area contributed by atoms with Gasteiger partial charge in [-0.05, 0) is 73.4 Å². The maximum atomic E-state index is 13.2. The number of hydrogen-bond acceptors (Lipinski definition) is 11. The highest BCUT2D eigenvalue weighted by Gasteiger charge is 2.62. The number of rotatable bonds is 11. The zero-order valence-corrected chi connectivity index (χ0v) is 37.7. The van der Waals surface area contributed by atoms with Crippen molar-refractivity contribution in [2.75, 3.05) is 19.7 Å². The van der Waals surface area contributed by atoms with E-state index in [0.717, 1.165) is 5.56 Å². The van der Waals surface area contributed by atoms with Crippen LogP contribution in [0.5, 0.6) is 0 Å². The van der Waals surface area contributed by atoms with Crippen molar-refractivity contribution in [3.63, 3.8) is 0 Å². The number of nitrogens with zero attached hydrogens (tertiary/aromatic N) is 2. The van der Waals surface area contributed by atoms with E-state index in [0.29, 0.717) is 45.6 Å². The topological polar surface area (TPSA) is 164 Å². The summed E-state index contributed by atoms with van der Waals surface area (Å²) in [5.41, 5.74) is 2.31. The molecule has 2 N–H and O–H groups in total. The summed E-state index contributed by atoms with van der Waals surface area (Å²) in [4.78, 5) is 64.7. The molecule has 2 aliphatic heterocycles. The lowest BCUT2D eigenvalue weighted by Crippen LogP contribution is -2.73. The van der Waals surface area contributed by atoms with Crippen molar-refractivity contribution in [2.45, 2.75) is 149 Å². The summed E-state index contributed by atoms with van der Waals surface area (Å²) in [5, 5.41) is 0. The molecule has 0 saturated carbocycles. The van der Waals surface area contributed by atoms with E-state index < -0.39 is 57.6 Å². The minimum Gasteiger partial charge on any atom is -0.458 e. The van der Waals surface area contributed by atoms with Gasteiger partial charge in [0.05, 0.1) is 6.61 Å². The summed E-state index contributed by atoms with van der Waals surface area (Å²) in [6.07, 6.45) is -0.282. The summed E-state index contributed by atoms with van der Waals surface area (Å²) in [6.45, 7) is 29.1. The number of benzene rings is 2. The number of carbonyl (C=O) groups is 5. The van der Waals surface area contributed by atoms with Crippen LogP contribution >= 0.6 is 0 Å². The van der Waals surface area contributed by atoms with Crippen LogP contribution in [0, 0.1) is 18.8 Å². The Balaban J connectivity index is 0.000000350. The SMILES string of the molecule is CC1CN(C(=O)OC(C)(C)C)C1(CCOCc1ccccc1)C(=O)OC(C)(C)C.NCc1ccccc1.[CH2+]C(C)(C)OC(=O)N1CC(C)C1(CC=O)C(=O)OC(C)(C)C. The molecule has 0 aliphatic carbocycles. The third-order valence-corrected chi connectivity index (χ3v) is 9.42. The van der Waals surface area contributed by atoms with Gasteiger partial charge in [0.2, 0.25) is 5.60 Å². The van der Waals surface area contributed by atoms with Gasteiger partial charge in [-0.2, -0.15) is 0 Å². The predicted octanol–water partition coefficient (Wildman–Crippen LogP) is 8.06. The van der Waals surface area contributed by atoms with E-state index in [4.69, 9.17) is 29.4 Å². The van der Waals surface area contributed by atoms with Crippen LogP contribution in [-0.2, 0) is 51.2 Å². The molecule has 0 spiro atoms. The first-order valence-corrected chi connectivity index (χ1v) is 20.2. The predicted molar refractivity (Wildman–Crippen MR) is 227 cm³/mol. The Hall–Kier alpha value is -4.62. The number of amides is 2. The van der Waals surface area contributed by atoms with E-state index in [1.54, 1.807) is 34.6 Å². The summed E-state index contributed by atoms with van der Waals surface area (Å²) < 4.78 is 27.7. The Morgan fingerprint density at radius 3 is 1.46 bits per heavy atom. The molecule has 2 fully saturated rings. The second kappa shape index (κ2) is 20.6. The lowest BCUT2D eigenvalue weighted by Gasteiger charge is -2.55. The Labute approximate surface area is 352 Å². The van der Waals surface area contributed by atoms with Crippen LogP contribution in [0.2, 0.25) is 0 Å². The maximum absolute atomic E-state index is 13.2. The first-order valence-electron chi connectivity index (χ1n) is 20.2. The van der Waals surface area contributed by atoms with Gasteiger partial charge in [0.25, 0.3) is 0 Å². The van der Waals surface area contributed by atoms with Gasteiger partial charge >= 0.3 is 24.1 Å². The second-order valence-corrected chi connectivity index (χ2v) is 18.8. The molecule has 13 heteroatoms. The molecule has 2 aromatic rings. The van der Waals surface area contributed by atoms with Crippen LogP contribution in [0.1, 0.15) is 114 Å². The highest BCUT2D eigenvalue weighted by Crippen LogP contribution is 2.43. The number of likely N-dealkylation sites (tertiary alicyclic amines) is 2. The fourth-order valence-electron chi connectivity index (χ4n) is 6.53. The smallest absolute Gasteiger partial charge is 0.414 e.